The number of carbonyl (C=O) groups is 2. The molecule has 0 aliphatic heterocycles. The fourth-order valence-corrected chi connectivity index (χ4v) is 3.74. The first kappa shape index (κ1) is 23.5. The summed E-state index contributed by atoms with van der Waals surface area (Å²) in [7, 11) is 0. The lowest BCUT2D eigenvalue weighted by Gasteiger charge is -2.30. The van der Waals surface area contributed by atoms with Crippen LogP contribution in [0, 0.1) is 5.82 Å². The lowest BCUT2D eigenvalue weighted by molar-refractivity contribution is 0.100. The van der Waals surface area contributed by atoms with E-state index < -0.39 is 17.8 Å². The molecule has 0 heterocycles. The fourth-order valence-electron chi connectivity index (χ4n) is 3.52. The van der Waals surface area contributed by atoms with Crippen LogP contribution in [0.25, 0.3) is 0 Å². The van der Waals surface area contributed by atoms with Crippen molar-refractivity contribution in [2.75, 3.05) is 11.9 Å². The Morgan fingerprint density at radius 2 is 1.72 bits per heavy atom. The SMILES string of the molecule is CCOC(=O)NC1CCC(N/C(=N\C(=O)c2ccccc2)Nc2cc(F)cc(Cl)c2)CC1. The van der Waals surface area contributed by atoms with Crippen molar-refractivity contribution in [3.05, 3.63) is 64.9 Å². The molecule has 1 aliphatic rings. The molecule has 0 aromatic heterocycles. The van der Waals surface area contributed by atoms with Crippen LogP contribution in [0.2, 0.25) is 5.02 Å². The quantitative estimate of drug-likeness (QED) is 0.443. The number of hydrogen-bond acceptors (Lipinski definition) is 3. The minimum absolute atomic E-state index is 0.0223. The summed E-state index contributed by atoms with van der Waals surface area (Å²) in [4.78, 5) is 28.4. The predicted octanol–water partition coefficient (Wildman–Crippen LogP) is 4.73. The van der Waals surface area contributed by atoms with Gasteiger partial charge in [-0.05, 0) is 62.9 Å². The van der Waals surface area contributed by atoms with Crippen LogP contribution in [-0.4, -0.2) is 36.7 Å². The number of hydrogen-bond donors (Lipinski definition) is 3. The zero-order valence-corrected chi connectivity index (χ0v) is 18.5. The molecule has 1 fully saturated rings. The number of nitrogens with zero attached hydrogens (tertiary/aromatic N) is 1. The summed E-state index contributed by atoms with van der Waals surface area (Å²) >= 11 is 5.96. The molecule has 32 heavy (non-hydrogen) atoms. The molecular weight excluding hydrogens is 435 g/mol. The van der Waals surface area contributed by atoms with Gasteiger partial charge in [-0.2, -0.15) is 4.99 Å². The minimum atomic E-state index is -0.501. The third-order valence-corrected chi connectivity index (χ3v) is 5.24. The van der Waals surface area contributed by atoms with Gasteiger partial charge in [-0.3, -0.25) is 4.79 Å². The van der Waals surface area contributed by atoms with Gasteiger partial charge in [0, 0.05) is 28.4 Å². The van der Waals surface area contributed by atoms with Gasteiger partial charge in [-0.25, -0.2) is 9.18 Å². The third kappa shape index (κ3) is 7.23. The van der Waals surface area contributed by atoms with Crippen LogP contribution in [-0.2, 0) is 4.74 Å². The topological polar surface area (TPSA) is 91.8 Å². The molecule has 7 nitrogen and oxygen atoms in total. The van der Waals surface area contributed by atoms with E-state index >= 15 is 0 Å². The van der Waals surface area contributed by atoms with E-state index in [9.17, 15) is 14.0 Å². The van der Waals surface area contributed by atoms with E-state index in [1.807, 2.05) is 6.07 Å². The number of amides is 2. The number of rotatable bonds is 5. The molecule has 0 atom stereocenters. The van der Waals surface area contributed by atoms with Crippen LogP contribution in [0.5, 0.6) is 0 Å². The largest absolute Gasteiger partial charge is 0.450 e. The van der Waals surface area contributed by atoms with Gasteiger partial charge in [0.2, 0.25) is 5.96 Å². The monoisotopic (exact) mass is 460 g/mol. The second-order valence-corrected chi connectivity index (χ2v) is 7.91. The number of alkyl carbamates (subject to hydrolysis) is 1. The second kappa shape index (κ2) is 11.5. The van der Waals surface area contributed by atoms with Crippen molar-refractivity contribution in [1.29, 1.82) is 0 Å². The number of carbonyl (C=O) groups excluding carboxylic acids is 2. The lowest BCUT2D eigenvalue weighted by Crippen LogP contribution is -2.45. The molecule has 3 N–H and O–H groups in total. The van der Waals surface area contributed by atoms with Crippen molar-refractivity contribution in [2.24, 2.45) is 4.99 Å². The molecule has 9 heteroatoms. The van der Waals surface area contributed by atoms with Crippen molar-refractivity contribution in [3.8, 4) is 0 Å². The Bertz CT molecular complexity index is 943. The van der Waals surface area contributed by atoms with Gasteiger partial charge in [-0.15, -0.1) is 0 Å². The Labute approximate surface area is 191 Å². The van der Waals surface area contributed by atoms with Crippen molar-refractivity contribution in [1.82, 2.24) is 10.6 Å². The standard InChI is InChI=1S/C23H26ClFN4O3/c1-2-32-23(31)28-19-10-8-18(9-11-19)26-22(27-20-13-16(24)12-17(25)14-20)29-21(30)15-6-4-3-5-7-15/h3-7,12-14,18-19H,2,8-11H2,1H3,(H,28,31)(H2,26,27,29,30). The van der Waals surface area contributed by atoms with Gasteiger partial charge >= 0.3 is 6.09 Å². The van der Waals surface area contributed by atoms with E-state index in [0.717, 1.165) is 25.7 Å². The van der Waals surface area contributed by atoms with Gasteiger partial charge < -0.3 is 20.7 Å². The Morgan fingerprint density at radius 1 is 1.06 bits per heavy atom. The van der Waals surface area contributed by atoms with Gasteiger partial charge in [0.05, 0.1) is 6.61 Å². The molecule has 1 aliphatic carbocycles. The molecule has 2 aromatic rings. The summed E-state index contributed by atoms with van der Waals surface area (Å²) in [6.45, 7) is 2.09. The predicted molar refractivity (Wildman–Crippen MR) is 123 cm³/mol. The van der Waals surface area contributed by atoms with E-state index in [-0.39, 0.29) is 23.1 Å². The molecule has 1 saturated carbocycles. The summed E-state index contributed by atoms with van der Waals surface area (Å²) in [6.07, 6.45) is 2.59. The summed E-state index contributed by atoms with van der Waals surface area (Å²) in [5, 5.41) is 9.31. The highest BCUT2D eigenvalue weighted by Gasteiger charge is 2.24. The highest BCUT2D eigenvalue weighted by atomic mass is 35.5. The van der Waals surface area contributed by atoms with E-state index in [1.165, 1.54) is 12.1 Å². The van der Waals surface area contributed by atoms with Crippen LogP contribution in [0.3, 0.4) is 0 Å². The molecule has 2 amide bonds. The van der Waals surface area contributed by atoms with Crippen LogP contribution in [0.4, 0.5) is 14.9 Å². The number of ether oxygens (including phenoxy) is 1. The van der Waals surface area contributed by atoms with Crippen LogP contribution in [0.1, 0.15) is 43.0 Å². The molecule has 0 bridgehead atoms. The summed E-state index contributed by atoms with van der Waals surface area (Å²) in [6, 6.07) is 12.8. The first-order chi connectivity index (χ1) is 15.4. The molecule has 0 spiro atoms. The molecule has 2 aromatic carbocycles. The van der Waals surface area contributed by atoms with Crippen LogP contribution in [0.15, 0.2) is 53.5 Å². The first-order valence-corrected chi connectivity index (χ1v) is 10.9. The maximum atomic E-state index is 13.8. The number of nitrogens with one attached hydrogen (secondary N) is 3. The van der Waals surface area contributed by atoms with E-state index in [2.05, 4.69) is 20.9 Å². The molecule has 0 saturated heterocycles. The molecular formula is C23H26ClFN4O3. The fraction of sp³-hybridized carbons (Fsp3) is 0.348. The van der Waals surface area contributed by atoms with Crippen molar-refractivity contribution in [3.63, 3.8) is 0 Å². The maximum Gasteiger partial charge on any atom is 0.407 e. The highest BCUT2D eigenvalue weighted by molar-refractivity contribution is 6.31. The Morgan fingerprint density at radius 3 is 2.34 bits per heavy atom. The van der Waals surface area contributed by atoms with E-state index in [0.29, 0.717) is 17.9 Å². The maximum absolute atomic E-state index is 13.8. The Balaban J connectivity index is 1.69. The Kier molecular flexibility index (Phi) is 8.44. The molecule has 0 unspecified atom stereocenters. The first-order valence-electron chi connectivity index (χ1n) is 10.5. The number of benzene rings is 2. The zero-order chi connectivity index (χ0) is 22.9. The van der Waals surface area contributed by atoms with Gasteiger partial charge in [0.25, 0.3) is 5.91 Å². The lowest BCUT2D eigenvalue weighted by atomic mass is 9.91. The van der Waals surface area contributed by atoms with Gasteiger partial charge in [0.15, 0.2) is 0 Å². The molecule has 0 radical (unpaired) electrons. The molecule has 170 valence electrons. The number of guanidine groups is 1. The van der Waals surface area contributed by atoms with Gasteiger partial charge in [0.1, 0.15) is 5.82 Å². The number of aliphatic imine (C=N–C) groups is 1. The normalized spacial score (nSPS) is 18.5. The number of anilines is 1. The summed E-state index contributed by atoms with van der Waals surface area (Å²) in [5.74, 6) is -0.720. The second-order valence-electron chi connectivity index (χ2n) is 7.47. The smallest absolute Gasteiger partial charge is 0.407 e. The van der Waals surface area contributed by atoms with Crippen molar-refractivity contribution in [2.45, 2.75) is 44.7 Å². The highest BCUT2D eigenvalue weighted by Crippen LogP contribution is 2.21. The summed E-state index contributed by atoms with van der Waals surface area (Å²) in [5.41, 5.74) is 0.813. The zero-order valence-electron chi connectivity index (χ0n) is 17.7. The van der Waals surface area contributed by atoms with E-state index in [1.54, 1.807) is 37.3 Å². The van der Waals surface area contributed by atoms with Crippen LogP contribution >= 0.6 is 11.6 Å². The van der Waals surface area contributed by atoms with E-state index in [4.69, 9.17) is 16.3 Å². The van der Waals surface area contributed by atoms with Gasteiger partial charge in [-0.1, -0.05) is 29.8 Å². The van der Waals surface area contributed by atoms with Crippen LogP contribution < -0.4 is 16.0 Å². The average molecular weight is 461 g/mol. The Hall–Kier alpha value is -3.13. The van der Waals surface area contributed by atoms with Crippen molar-refractivity contribution >= 4 is 35.2 Å². The third-order valence-electron chi connectivity index (χ3n) is 5.02. The minimum Gasteiger partial charge on any atom is -0.450 e. The molecule has 3 rings (SSSR count). The number of halogens is 2. The summed E-state index contributed by atoms with van der Waals surface area (Å²) < 4.78 is 18.7. The average Bonchev–Trinajstić information content (AvgIpc) is 2.75. The van der Waals surface area contributed by atoms with Crippen molar-refractivity contribution < 1.29 is 18.7 Å².